The molecule has 5 nitrogen and oxygen atoms in total. The molecule has 68 valence electrons. The zero-order valence-corrected chi connectivity index (χ0v) is 7.33. The Labute approximate surface area is 81.0 Å². The van der Waals surface area contributed by atoms with Crippen LogP contribution in [0, 0.1) is 11.3 Å². The molecular formula is C9H7N5. The van der Waals surface area contributed by atoms with Crippen LogP contribution in [0.4, 0.5) is 5.82 Å². The second-order valence-electron chi connectivity index (χ2n) is 2.62. The molecule has 0 unspecified atom stereocenters. The fourth-order valence-electron chi connectivity index (χ4n) is 1.15. The Hall–Kier alpha value is -2.22. The Kier molecular flexibility index (Phi) is 2.19. The first-order chi connectivity index (χ1) is 6.92. The number of anilines is 1. The van der Waals surface area contributed by atoms with Gasteiger partial charge in [-0.3, -0.25) is 4.99 Å². The molecule has 1 aromatic heterocycles. The summed E-state index contributed by atoms with van der Waals surface area (Å²) in [6.45, 7) is 0.615. The highest BCUT2D eigenvalue weighted by Gasteiger charge is 2.11. The van der Waals surface area contributed by atoms with Crippen LogP contribution in [0.3, 0.4) is 0 Å². The van der Waals surface area contributed by atoms with E-state index in [-0.39, 0.29) is 0 Å². The van der Waals surface area contributed by atoms with Gasteiger partial charge in [0.25, 0.3) is 0 Å². The summed E-state index contributed by atoms with van der Waals surface area (Å²) < 4.78 is 0. The summed E-state index contributed by atoms with van der Waals surface area (Å²) in [5.74, 6) is 0.567. The Balaban J connectivity index is 2.37. The number of aromatic nitrogens is 2. The maximum atomic E-state index is 8.81. The van der Waals surface area contributed by atoms with E-state index in [0.717, 1.165) is 0 Å². The smallest absolute Gasteiger partial charge is 0.183 e. The molecule has 0 saturated carbocycles. The molecule has 5 heteroatoms. The second kappa shape index (κ2) is 3.66. The topological polar surface area (TPSA) is 65.2 Å². The summed E-state index contributed by atoms with van der Waals surface area (Å²) in [7, 11) is 0. The monoisotopic (exact) mass is 185 g/mol. The van der Waals surface area contributed by atoms with Gasteiger partial charge in [-0.25, -0.2) is 9.97 Å². The summed E-state index contributed by atoms with van der Waals surface area (Å²) in [5, 5.41) is 8.81. The number of aliphatic imine (C=N–C) groups is 1. The minimum absolute atomic E-state index is 0.326. The van der Waals surface area contributed by atoms with Gasteiger partial charge in [0.1, 0.15) is 6.07 Å². The molecule has 0 aromatic carbocycles. The first kappa shape index (κ1) is 8.38. The number of rotatable bonds is 1. The molecule has 0 amide bonds. The number of nitrogens with zero attached hydrogens (tertiary/aromatic N) is 5. The van der Waals surface area contributed by atoms with E-state index in [2.05, 4.69) is 15.0 Å². The Morgan fingerprint density at radius 2 is 2.21 bits per heavy atom. The average molecular weight is 185 g/mol. The molecule has 2 rings (SSSR count). The van der Waals surface area contributed by atoms with Gasteiger partial charge in [-0.2, -0.15) is 5.26 Å². The fraction of sp³-hybridized carbons (Fsp3) is 0.111. The van der Waals surface area contributed by atoms with Crippen LogP contribution in [-0.2, 0) is 0 Å². The van der Waals surface area contributed by atoms with Gasteiger partial charge in [0.05, 0.1) is 6.54 Å². The predicted molar refractivity (Wildman–Crippen MR) is 51.7 cm³/mol. The van der Waals surface area contributed by atoms with Crippen molar-refractivity contribution in [1.82, 2.24) is 9.97 Å². The highest BCUT2D eigenvalue weighted by molar-refractivity contribution is 5.69. The fourth-order valence-corrected chi connectivity index (χ4v) is 1.15. The van der Waals surface area contributed by atoms with Crippen LogP contribution in [0.25, 0.3) is 0 Å². The number of hydrogen-bond acceptors (Lipinski definition) is 5. The molecule has 0 atom stereocenters. The molecule has 14 heavy (non-hydrogen) atoms. The molecule has 1 aliphatic heterocycles. The molecule has 0 aliphatic carbocycles. The van der Waals surface area contributed by atoms with Crippen molar-refractivity contribution in [3.05, 3.63) is 30.5 Å². The van der Waals surface area contributed by atoms with Crippen molar-refractivity contribution < 1.29 is 0 Å². The molecule has 0 saturated heterocycles. The van der Waals surface area contributed by atoms with E-state index in [1.807, 2.05) is 11.0 Å². The van der Waals surface area contributed by atoms with E-state index in [4.69, 9.17) is 5.26 Å². The third-order valence-electron chi connectivity index (χ3n) is 1.77. The van der Waals surface area contributed by atoms with Gasteiger partial charge in [0.2, 0.25) is 0 Å². The molecule has 1 aliphatic rings. The summed E-state index contributed by atoms with van der Waals surface area (Å²) >= 11 is 0. The standard InChI is InChI=1S/C9H7N5/c10-7-8-9(13-2-1-12-8)14-5-3-11-4-6-14/h1-5H,6H2. The third kappa shape index (κ3) is 1.45. The molecule has 0 fully saturated rings. The van der Waals surface area contributed by atoms with Crippen LogP contribution in [0.5, 0.6) is 0 Å². The molecule has 0 bridgehead atoms. The lowest BCUT2D eigenvalue weighted by molar-refractivity contribution is 1.02. The van der Waals surface area contributed by atoms with Crippen LogP contribution in [0.2, 0.25) is 0 Å². The molecule has 0 radical (unpaired) electrons. The summed E-state index contributed by atoms with van der Waals surface area (Å²) in [6.07, 6.45) is 8.24. The first-order valence-electron chi connectivity index (χ1n) is 4.08. The van der Waals surface area contributed by atoms with Gasteiger partial charge in [0, 0.05) is 31.0 Å². The Morgan fingerprint density at radius 1 is 1.36 bits per heavy atom. The highest BCUT2D eigenvalue weighted by Crippen LogP contribution is 2.14. The van der Waals surface area contributed by atoms with Gasteiger partial charge in [-0.15, -0.1) is 0 Å². The van der Waals surface area contributed by atoms with Gasteiger partial charge in [-0.05, 0) is 0 Å². The van der Waals surface area contributed by atoms with E-state index in [0.29, 0.717) is 18.1 Å². The van der Waals surface area contributed by atoms with Gasteiger partial charge < -0.3 is 4.90 Å². The van der Waals surface area contributed by atoms with Crippen LogP contribution in [0.1, 0.15) is 5.69 Å². The lowest BCUT2D eigenvalue weighted by Gasteiger charge is -2.18. The van der Waals surface area contributed by atoms with E-state index < -0.39 is 0 Å². The molecular weight excluding hydrogens is 178 g/mol. The van der Waals surface area contributed by atoms with Crippen molar-refractivity contribution in [2.75, 3.05) is 11.4 Å². The largest absolute Gasteiger partial charge is 0.324 e. The third-order valence-corrected chi connectivity index (χ3v) is 1.77. The van der Waals surface area contributed by atoms with Crippen LogP contribution in [0.15, 0.2) is 29.8 Å². The van der Waals surface area contributed by atoms with Crippen molar-refractivity contribution in [3.8, 4) is 6.07 Å². The molecule has 1 aromatic rings. The Morgan fingerprint density at radius 3 is 2.93 bits per heavy atom. The number of nitriles is 1. The van der Waals surface area contributed by atoms with E-state index in [9.17, 15) is 0 Å². The SMILES string of the molecule is N#Cc1nccnc1N1C=CN=CC1. The van der Waals surface area contributed by atoms with Crippen LogP contribution < -0.4 is 4.90 Å². The molecule has 0 spiro atoms. The van der Waals surface area contributed by atoms with Crippen LogP contribution in [-0.4, -0.2) is 22.7 Å². The van der Waals surface area contributed by atoms with Gasteiger partial charge in [-0.1, -0.05) is 0 Å². The molecule has 2 heterocycles. The average Bonchev–Trinajstić information content (AvgIpc) is 2.30. The minimum Gasteiger partial charge on any atom is -0.324 e. The second-order valence-corrected chi connectivity index (χ2v) is 2.62. The van der Waals surface area contributed by atoms with Crippen molar-refractivity contribution in [2.24, 2.45) is 4.99 Å². The zero-order chi connectivity index (χ0) is 9.80. The van der Waals surface area contributed by atoms with Crippen molar-refractivity contribution >= 4 is 12.0 Å². The predicted octanol–water partition coefficient (Wildman–Crippen LogP) is 0.710. The maximum absolute atomic E-state index is 8.81. The van der Waals surface area contributed by atoms with E-state index in [1.165, 1.54) is 6.20 Å². The lowest BCUT2D eigenvalue weighted by atomic mass is 10.4. The minimum atomic E-state index is 0.326. The maximum Gasteiger partial charge on any atom is 0.183 e. The lowest BCUT2D eigenvalue weighted by Crippen LogP contribution is -2.22. The highest BCUT2D eigenvalue weighted by atomic mass is 15.2. The Bertz CT molecular complexity index is 429. The van der Waals surface area contributed by atoms with Gasteiger partial charge >= 0.3 is 0 Å². The summed E-state index contributed by atoms with van der Waals surface area (Å²) in [4.78, 5) is 13.8. The summed E-state index contributed by atoms with van der Waals surface area (Å²) in [6, 6.07) is 2.00. The molecule has 0 N–H and O–H groups in total. The van der Waals surface area contributed by atoms with E-state index in [1.54, 1.807) is 24.8 Å². The normalized spacial score (nSPS) is 14.1. The van der Waals surface area contributed by atoms with E-state index >= 15 is 0 Å². The van der Waals surface area contributed by atoms with Crippen molar-refractivity contribution in [1.29, 1.82) is 5.26 Å². The number of hydrogen-bond donors (Lipinski definition) is 0. The van der Waals surface area contributed by atoms with Crippen LogP contribution >= 0.6 is 0 Å². The van der Waals surface area contributed by atoms with Gasteiger partial charge in [0.15, 0.2) is 11.5 Å². The quantitative estimate of drug-likeness (QED) is 0.646. The first-order valence-corrected chi connectivity index (χ1v) is 4.08. The summed E-state index contributed by atoms with van der Waals surface area (Å²) in [5.41, 5.74) is 0.326. The van der Waals surface area contributed by atoms with Crippen molar-refractivity contribution in [3.63, 3.8) is 0 Å². The zero-order valence-electron chi connectivity index (χ0n) is 7.33. The van der Waals surface area contributed by atoms with Crippen molar-refractivity contribution in [2.45, 2.75) is 0 Å².